The first kappa shape index (κ1) is 14.3. The third kappa shape index (κ3) is 3.25. The van der Waals surface area contributed by atoms with E-state index in [4.69, 9.17) is 11.6 Å². The Morgan fingerprint density at radius 3 is 2.84 bits per heavy atom. The van der Waals surface area contributed by atoms with Gasteiger partial charge in [0.2, 0.25) is 0 Å². The van der Waals surface area contributed by atoms with Gasteiger partial charge in [0.25, 0.3) is 0 Å². The Balaban J connectivity index is 2.39. The zero-order chi connectivity index (χ0) is 13.8. The molecule has 0 saturated carbocycles. The predicted octanol–water partition coefficient (Wildman–Crippen LogP) is 5.13. The maximum atomic E-state index is 14.1. The average Bonchev–Trinajstić information content (AvgIpc) is 2.43. The Kier molecular flexibility index (Phi) is 4.77. The number of benzene rings is 1. The molecule has 19 heavy (non-hydrogen) atoms. The lowest BCUT2D eigenvalue weighted by molar-refractivity contribution is 0.630. The number of anilines is 1. The van der Waals surface area contributed by atoms with E-state index in [-0.39, 0.29) is 5.02 Å². The van der Waals surface area contributed by atoms with Gasteiger partial charge in [0.1, 0.15) is 5.82 Å². The maximum Gasteiger partial charge on any atom is 0.152 e. The highest BCUT2D eigenvalue weighted by atomic mass is 79.9. The quantitative estimate of drug-likeness (QED) is 0.779. The second-order valence-corrected chi connectivity index (χ2v) is 5.29. The second kappa shape index (κ2) is 6.35. The first-order chi connectivity index (χ1) is 9.13. The van der Waals surface area contributed by atoms with E-state index in [9.17, 15) is 4.39 Å². The van der Waals surface area contributed by atoms with Gasteiger partial charge in [-0.05, 0) is 46.6 Å². The van der Waals surface area contributed by atoms with Crippen molar-refractivity contribution in [3.05, 3.63) is 45.6 Å². The highest BCUT2D eigenvalue weighted by Gasteiger charge is 2.13. The third-order valence-electron chi connectivity index (χ3n) is 2.62. The molecule has 0 unspecified atom stereocenters. The van der Waals surface area contributed by atoms with E-state index < -0.39 is 5.82 Å². The van der Waals surface area contributed by atoms with Crippen molar-refractivity contribution in [1.29, 1.82) is 0 Å². The van der Waals surface area contributed by atoms with Crippen LogP contribution in [0.2, 0.25) is 5.02 Å². The van der Waals surface area contributed by atoms with E-state index in [2.05, 4.69) is 33.2 Å². The number of aromatic nitrogens is 1. The number of nitrogens with one attached hydrogen (secondary N) is 1. The zero-order valence-electron chi connectivity index (χ0n) is 10.4. The van der Waals surface area contributed by atoms with Gasteiger partial charge < -0.3 is 5.32 Å². The van der Waals surface area contributed by atoms with Crippen molar-refractivity contribution in [2.24, 2.45) is 0 Å². The Labute approximate surface area is 125 Å². The SMILES string of the molecule is CCCNc1cccc(-c2ccc(Br)c(Cl)c2F)n1. The summed E-state index contributed by atoms with van der Waals surface area (Å²) in [7, 11) is 0. The fraction of sp³-hybridized carbons (Fsp3) is 0.214. The van der Waals surface area contributed by atoms with Crippen molar-refractivity contribution in [2.75, 3.05) is 11.9 Å². The molecule has 0 spiro atoms. The van der Waals surface area contributed by atoms with Crippen LogP contribution in [0.5, 0.6) is 0 Å². The monoisotopic (exact) mass is 342 g/mol. The molecule has 1 heterocycles. The van der Waals surface area contributed by atoms with Crippen molar-refractivity contribution < 1.29 is 4.39 Å². The van der Waals surface area contributed by atoms with Crippen molar-refractivity contribution >= 4 is 33.3 Å². The Bertz CT molecular complexity index is 590. The molecule has 1 aromatic heterocycles. The summed E-state index contributed by atoms with van der Waals surface area (Å²) in [5.74, 6) is 0.272. The van der Waals surface area contributed by atoms with Crippen molar-refractivity contribution in [1.82, 2.24) is 4.98 Å². The van der Waals surface area contributed by atoms with E-state index in [0.717, 1.165) is 18.8 Å². The summed E-state index contributed by atoms with van der Waals surface area (Å²) in [5, 5.41) is 3.25. The standard InChI is InChI=1S/C14H13BrClFN2/c1-2-8-18-12-5-3-4-11(19-12)9-6-7-10(15)13(16)14(9)17/h3-7H,2,8H2,1H3,(H,18,19). The van der Waals surface area contributed by atoms with Crippen LogP contribution in [0.4, 0.5) is 10.2 Å². The normalized spacial score (nSPS) is 10.5. The highest BCUT2D eigenvalue weighted by molar-refractivity contribution is 9.10. The molecule has 0 amide bonds. The van der Waals surface area contributed by atoms with Gasteiger partial charge in [-0.1, -0.05) is 24.6 Å². The minimum Gasteiger partial charge on any atom is -0.370 e. The first-order valence-electron chi connectivity index (χ1n) is 5.98. The summed E-state index contributed by atoms with van der Waals surface area (Å²) < 4.78 is 14.6. The van der Waals surface area contributed by atoms with Gasteiger partial charge in [0.15, 0.2) is 5.82 Å². The highest BCUT2D eigenvalue weighted by Crippen LogP contribution is 2.32. The topological polar surface area (TPSA) is 24.9 Å². The van der Waals surface area contributed by atoms with Gasteiger partial charge in [-0.15, -0.1) is 0 Å². The van der Waals surface area contributed by atoms with Crippen LogP contribution in [0.25, 0.3) is 11.3 Å². The summed E-state index contributed by atoms with van der Waals surface area (Å²) in [6, 6.07) is 8.85. The van der Waals surface area contributed by atoms with Crippen LogP contribution < -0.4 is 5.32 Å². The van der Waals surface area contributed by atoms with Crippen LogP contribution in [0.15, 0.2) is 34.8 Å². The minimum atomic E-state index is -0.462. The predicted molar refractivity (Wildman–Crippen MR) is 81.1 cm³/mol. The molecule has 1 aromatic carbocycles. The molecule has 0 aliphatic heterocycles. The molecular weight excluding hydrogens is 331 g/mol. The summed E-state index contributed by atoms with van der Waals surface area (Å²) in [5.41, 5.74) is 0.960. The van der Waals surface area contributed by atoms with Gasteiger partial charge in [0.05, 0.1) is 10.7 Å². The lowest BCUT2D eigenvalue weighted by Crippen LogP contribution is -2.02. The fourth-order valence-corrected chi connectivity index (χ4v) is 2.13. The van der Waals surface area contributed by atoms with E-state index in [1.165, 1.54) is 0 Å². The Hall–Kier alpha value is -1.13. The molecule has 0 radical (unpaired) electrons. The minimum absolute atomic E-state index is 0.0752. The number of rotatable bonds is 4. The van der Waals surface area contributed by atoms with Crippen LogP contribution in [-0.2, 0) is 0 Å². The van der Waals surface area contributed by atoms with E-state index in [1.54, 1.807) is 18.2 Å². The fourth-order valence-electron chi connectivity index (χ4n) is 1.66. The van der Waals surface area contributed by atoms with Crippen molar-refractivity contribution in [3.8, 4) is 11.3 Å². The summed E-state index contributed by atoms with van der Waals surface area (Å²) in [4.78, 5) is 4.39. The molecule has 100 valence electrons. The summed E-state index contributed by atoms with van der Waals surface area (Å²) >= 11 is 9.09. The molecule has 0 aliphatic rings. The molecule has 1 N–H and O–H groups in total. The third-order valence-corrected chi connectivity index (χ3v) is 3.87. The molecular formula is C14H13BrClFN2. The van der Waals surface area contributed by atoms with Gasteiger partial charge >= 0.3 is 0 Å². The maximum absolute atomic E-state index is 14.1. The number of halogens is 3. The van der Waals surface area contributed by atoms with Gasteiger partial charge in [-0.2, -0.15) is 0 Å². The van der Waals surface area contributed by atoms with E-state index in [1.807, 2.05) is 12.1 Å². The van der Waals surface area contributed by atoms with Crippen molar-refractivity contribution in [2.45, 2.75) is 13.3 Å². The molecule has 2 rings (SSSR count). The Morgan fingerprint density at radius 2 is 2.11 bits per heavy atom. The number of hydrogen-bond donors (Lipinski definition) is 1. The van der Waals surface area contributed by atoms with Crippen LogP contribution in [0.3, 0.4) is 0 Å². The van der Waals surface area contributed by atoms with Gasteiger partial charge in [-0.25, -0.2) is 9.37 Å². The number of nitrogens with zero attached hydrogens (tertiary/aromatic N) is 1. The van der Waals surface area contributed by atoms with Gasteiger partial charge in [-0.3, -0.25) is 0 Å². The summed E-state index contributed by atoms with van der Waals surface area (Å²) in [6.07, 6.45) is 1.00. The van der Waals surface area contributed by atoms with Crippen molar-refractivity contribution in [3.63, 3.8) is 0 Å². The molecule has 0 aliphatic carbocycles. The smallest absolute Gasteiger partial charge is 0.152 e. The number of pyridine rings is 1. The van der Waals surface area contributed by atoms with Crippen LogP contribution in [0.1, 0.15) is 13.3 Å². The average molecular weight is 344 g/mol. The lowest BCUT2D eigenvalue weighted by atomic mass is 10.1. The molecule has 2 aromatic rings. The molecule has 0 bridgehead atoms. The first-order valence-corrected chi connectivity index (χ1v) is 7.15. The van der Waals surface area contributed by atoms with E-state index in [0.29, 0.717) is 15.7 Å². The largest absolute Gasteiger partial charge is 0.370 e. The number of hydrogen-bond acceptors (Lipinski definition) is 2. The molecule has 0 fully saturated rings. The molecule has 0 atom stereocenters. The van der Waals surface area contributed by atoms with Crippen LogP contribution in [0, 0.1) is 5.82 Å². The second-order valence-electron chi connectivity index (χ2n) is 4.06. The van der Waals surface area contributed by atoms with Crippen LogP contribution >= 0.6 is 27.5 Å². The lowest BCUT2D eigenvalue weighted by Gasteiger charge is -2.08. The molecule has 0 saturated heterocycles. The molecule has 5 heteroatoms. The molecule has 2 nitrogen and oxygen atoms in total. The van der Waals surface area contributed by atoms with E-state index >= 15 is 0 Å². The Morgan fingerprint density at radius 1 is 1.32 bits per heavy atom. The zero-order valence-corrected chi connectivity index (χ0v) is 12.7. The summed E-state index contributed by atoms with van der Waals surface area (Å²) in [6.45, 7) is 2.91. The van der Waals surface area contributed by atoms with Gasteiger partial charge in [0, 0.05) is 16.6 Å². The van der Waals surface area contributed by atoms with Crippen LogP contribution in [-0.4, -0.2) is 11.5 Å².